The van der Waals surface area contributed by atoms with Crippen molar-refractivity contribution in [2.24, 2.45) is 0 Å². The molecule has 0 radical (unpaired) electrons. The maximum absolute atomic E-state index is 12.1. The molecule has 0 bridgehead atoms. The Balaban J connectivity index is 1.83. The Labute approximate surface area is 171 Å². The Morgan fingerprint density at radius 2 is 1.86 bits per heavy atom. The lowest BCUT2D eigenvalue weighted by atomic mass is 10.0. The lowest BCUT2D eigenvalue weighted by Gasteiger charge is -2.17. The molecule has 0 spiro atoms. The highest BCUT2D eigenvalue weighted by Crippen LogP contribution is 2.18. The first-order valence-electron chi connectivity index (χ1n) is 8.66. The molecule has 0 saturated heterocycles. The second kappa shape index (κ2) is 10.9. The monoisotopic (exact) mass is 419 g/mol. The number of ether oxygens (including phenoxy) is 2. The number of nitrogens with zero attached hydrogens (tertiary/aromatic N) is 1. The Kier molecular flexibility index (Phi) is 8.28. The molecule has 2 aromatic rings. The number of carbonyl (C=O) groups excluding carboxylic acids is 4. The number of hydrogen-bond donors (Lipinski definition) is 2. The summed E-state index contributed by atoms with van der Waals surface area (Å²) >= 11 is 1.14. The van der Waals surface area contributed by atoms with E-state index in [1.54, 1.807) is 29.6 Å². The number of methoxy groups -OCH3 is 1. The first-order valence-corrected chi connectivity index (χ1v) is 9.54. The van der Waals surface area contributed by atoms with E-state index in [1.165, 1.54) is 14.0 Å². The van der Waals surface area contributed by atoms with Crippen LogP contribution in [0.1, 0.15) is 30.6 Å². The van der Waals surface area contributed by atoms with E-state index in [0.717, 1.165) is 16.9 Å². The van der Waals surface area contributed by atoms with E-state index in [2.05, 4.69) is 20.4 Å². The van der Waals surface area contributed by atoms with Crippen LogP contribution in [0.25, 0.3) is 0 Å². The first-order chi connectivity index (χ1) is 13.9. The van der Waals surface area contributed by atoms with Crippen LogP contribution in [0.4, 0.5) is 5.13 Å². The van der Waals surface area contributed by atoms with Gasteiger partial charge in [-0.05, 0) is 5.56 Å². The maximum atomic E-state index is 12.1. The number of amides is 2. The molecule has 2 rings (SSSR count). The van der Waals surface area contributed by atoms with Crippen LogP contribution >= 0.6 is 11.3 Å². The molecule has 1 atom stereocenters. The van der Waals surface area contributed by atoms with E-state index in [4.69, 9.17) is 4.74 Å². The van der Waals surface area contributed by atoms with Gasteiger partial charge in [0, 0.05) is 12.3 Å². The lowest BCUT2D eigenvalue weighted by molar-refractivity contribution is -0.148. The molecular weight excluding hydrogens is 398 g/mol. The second-order valence-electron chi connectivity index (χ2n) is 5.97. The van der Waals surface area contributed by atoms with Crippen LogP contribution in [0.3, 0.4) is 0 Å². The fourth-order valence-corrected chi connectivity index (χ4v) is 3.10. The van der Waals surface area contributed by atoms with Gasteiger partial charge in [-0.1, -0.05) is 30.3 Å². The molecule has 1 heterocycles. The van der Waals surface area contributed by atoms with Gasteiger partial charge in [-0.25, -0.2) is 4.98 Å². The minimum atomic E-state index is -0.631. The van der Waals surface area contributed by atoms with Crippen LogP contribution in [-0.2, 0) is 35.1 Å². The van der Waals surface area contributed by atoms with E-state index in [9.17, 15) is 19.2 Å². The SMILES string of the molecule is COC(=O)Cc1csc(NC(=O)COC(=O)C[C@H](NC(C)=O)c2ccccc2)n1. The molecule has 0 aliphatic rings. The predicted molar refractivity (Wildman–Crippen MR) is 105 cm³/mol. The number of anilines is 1. The molecule has 29 heavy (non-hydrogen) atoms. The largest absolute Gasteiger partial charge is 0.469 e. The van der Waals surface area contributed by atoms with Gasteiger partial charge in [-0.2, -0.15) is 0 Å². The first kappa shape index (κ1) is 22.0. The zero-order valence-corrected chi connectivity index (χ0v) is 16.8. The van der Waals surface area contributed by atoms with Crippen molar-refractivity contribution >= 4 is 40.2 Å². The van der Waals surface area contributed by atoms with Crippen LogP contribution < -0.4 is 10.6 Å². The number of benzene rings is 1. The van der Waals surface area contributed by atoms with Crippen molar-refractivity contribution in [1.82, 2.24) is 10.3 Å². The summed E-state index contributed by atoms with van der Waals surface area (Å²) in [4.78, 5) is 50.8. The highest BCUT2D eigenvalue weighted by atomic mass is 32.1. The van der Waals surface area contributed by atoms with Gasteiger partial charge >= 0.3 is 11.9 Å². The number of esters is 2. The average Bonchev–Trinajstić information content (AvgIpc) is 3.12. The summed E-state index contributed by atoms with van der Waals surface area (Å²) in [5.41, 5.74) is 1.22. The Bertz CT molecular complexity index is 868. The van der Waals surface area contributed by atoms with Crippen molar-refractivity contribution < 1.29 is 28.7 Å². The van der Waals surface area contributed by atoms with Crippen LogP contribution in [-0.4, -0.2) is 42.5 Å². The quantitative estimate of drug-likeness (QED) is 0.592. The number of nitrogens with one attached hydrogen (secondary N) is 2. The average molecular weight is 419 g/mol. The van der Waals surface area contributed by atoms with Gasteiger partial charge in [-0.3, -0.25) is 24.5 Å². The predicted octanol–water partition coefficient (Wildman–Crippen LogP) is 1.61. The minimum absolute atomic E-state index is 0.00186. The molecule has 0 aliphatic heterocycles. The summed E-state index contributed by atoms with van der Waals surface area (Å²) in [6.45, 7) is 0.865. The van der Waals surface area contributed by atoms with Crippen molar-refractivity contribution in [3.63, 3.8) is 0 Å². The number of thiazole rings is 1. The molecule has 2 N–H and O–H groups in total. The van der Waals surface area contributed by atoms with E-state index in [-0.39, 0.29) is 23.9 Å². The molecule has 0 fully saturated rings. The molecule has 0 aliphatic carbocycles. The van der Waals surface area contributed by atoms with Gasteiger partial charge in [0.1, 0.15) is 0 Å². The van der Waals surface area contributed by atoms with Crippen molar-refractivity contribution in [3.8, 4) is 0 Å². The Morgan fingerprint density at radius 1 is 1.14 bits per heavy atom. The molecule has 0 saturated carbocycles. The molecule has 1 aromatic carbocycles. The third-order valence-corrected chi connectivity index (χ3v) is 4.47. The number of rotatable bonds is 9. The van der Waals surface area contributed by atoms with Crippen molar-refractivity contribution in [3.05, 3.63) is 47.0 Å². The van der Waals surface area contributed by atoms with Crippen molar-refractivity contribution in [1.29, 1.82) is 0 Å². The van der Waals surface area contributed by atoms with E-state index in [1.807, 2.05) is 6.07 Å². The summed E-state index contributed by atoms with van der Waals surface area (Å²) in [5.74, 6) is -1.91. The fourth-order valence-electron chi connectivity index (χ4n) is 2.38. The topological polar surface area (TPSA) is 124 Å². The lowest BCUT2D eigenvalue weighted by Crippen LogP contribution is -2.29. The van der Waals surface area contributed by atoms with Gasteiger partial charge in [-0.15, -0.1) is 11.3 Å². The second-order valence-corrected chi connectivity index (χ2v) is 6.83. The molecule has 0 unspecified atom stereocenters. The van der Waals surface area contributed by atoms with Gasteiger partial charge in [0.25, 0.3) is 5.91 Å². The molecule has 2 amide bonds. The van der Waals surface area contributed by atoms with Crippen LogP contribution in [0, 0.1) is 0 Å². The zero-order valence-electron chi connectivity index (χ0n) is 16.0. The summed E-state index contributed by atoms with van der Waals surface area (Å²) < 4.78 is 9.55. The minimum Gasteiger partial charge on any atom is -0.469 e. The zero-order chi connectivity index (χ0) is 21.2. The highest BCUT2D eigenvalue weighted by molar-refractivity contribution is 7.13. The normalized spacial score (nSPS) is 11.2. The maximum Gasteiger partial charge on any atom is 0.311 e. The summed E-state index contributed by atoms with van der Waals surface area (Å²) in [6.07, 6.45) is -0.112. The molecule has 1 aromatic heterocycles. The van der Waals surface area contributed by atoms with Crippen molar-refractivity contribution in [2.45, 2.75) is 25.8 Å². The van der Waals surface area contributed by atoms with Gasteiger partial charge in [0.2, 0.25) is 5.91 Å². The van der Waals surface area contributed by atoms with Crippen LogP contribution in [0.2, 0.25) is 0 Å². The van der Waals surface area contributed by atoms with Crippen molar-refractivity contribution in [2.75, 3.05) is 19.0 Å². The molecular formula is C19H21N3O6S. The number of hydrogen-bond acceptors (Lipinski definition) is 8. The molecule has 154 valence electrons. The van der Waals surface area contributed by atoms with Crippen LogP contribution in [0.15, 0.2) is 35.7 Å². The summed E-state index contributed by atoms with van der Waals surface area (Å²) in [7, 11) is 1.28. The third-order valence-electron chi connectivity index (χ3n) is 3.67. The number of carbonyl (C=O) groups is 4. The van der Waals surface area contributed by atoms with Gasteiger partial charge in [0.05, 0.1) is 31.7 Å². The smallest absolute Gasteiger partial charge is 0.311 e. The summed E-state index contributed by atoms with van der Waals surface area (Å²) in [5, 5.41) is 7.09. The van der Waals surface area contributed by atoms with Crippen LogP contribution in [0.5, 0.6) is 0 Å². The number of aromatic nitrogens is 1. The molecule has 9 nitrogen and oxygen atoms in total. The molecule has 10 heteroatoms. The van der Waals surface area contributed by atoms with E-state index >= 15 is 0 Å². The summed E-state index contributed by atoms with van der Waals surface area (Å²) in [6, 6.07) is 8.44. The Morgan fingerprint density at radius 3 is 2.52 bits per heavy atom. The fraction of sp³-hybridized carbons (Fsp3) is 0.316. The van der Waals surface area contributed by atoms with E-state index in [0.29, 0.717) is 5.69 Å². The third kappa shape index (κ3) is 7.70. The van der Waals surface area contributed by atoms with Gasteiger partial charge < -0.3 is 14.8 Å². The Hall–Kier alpha value is -3.27. The van der Waals surface area contributed by atoms with E-state index < -0.39 is 30.5 Å². The van der Waals surface area contributed by atoms with Gasteiger partial charge in [0.15, 0.2) is 11.7 Å². The highest BCUT2D eigenvalue weighted by Gasteiger charge is 2.19. The standard InChI is InChI=1S/C19H21N3O6S/c1-12(23)20-15(13-6-4-3-5-7-13)9-18(26)28-10-16(24)22-19-21-14(11-29-19)8-17(25)27-2/h3-7,11,15H,8-10H2,1-2H3,(H,20,23)(H,21,22,24)/t15-/m0/s1.